The molecule has 0 atom stereocenters. The van der Waals surface area contributed by atoms with Crippen LogP contribution >= 0.6 is 0 Å². The van der Waals surface area contributed by atoms with Crippen LogP contribution in [0, 0.1) is 0 Å². The number of nitrogens with zero attached hydrogens (tertiary/aromatic N) is 4. The highest BCUT2D eigenvalue weighted by Crippen LogP contribution is 2.37. The number of para-hydroxylation sites is 1. The fraction of sp³-hybridized carbons (Fsp3) is 0.188. The van der Waals surface area contributed by atoms with Crippen LogP contribution in [0.3, 0.4) is 0 Å². The third-order valence-corrected chi connectivity index (χ3v) is 7.38. The van der Waals surface area contributed by atoms with Crippen LogP contribution in [0.25, 0.3) is 39.0 Å². The summed E-state index contributed by atoms with van der Waals surface area (Å²) in [5.41, 5.74) is 5.95. The fourth-order valence-electron chi connectivity index (χ4n) is 5.42. The standard InChI is InChI=1S/C32H28N4O/c1-32(2,3)22-12-14-33-30(18-22)36-28-7-5-4-6-25(28)26-11-10-24(20-29(26)36)37-23-9-8-21-13-16-35-17-15-34-31(35)27(21)19-23/h4-12,14-15,17-20H,13,16H2,1-3H3. The predicted molar refractivity (Wildman–Crippen MR) is 149 cm³/mol. The van der Waals surface area contributed by atoms with Crippen molar-refractivity contribution in [3.05, 3.63) is 103 Å². The normalized spacial score (nSPS) is 13.1. The highest BCUT2D eigenvalue weighted by atomic mass is 16.5. The second-order valence-electron chi connectivity index (χ2n) is 10.8. The van der Waals surface area contributed by atoms with Gasteiger partial charge in [-0.05, 0) is 65.4 Å². The largest absolute Gasteiger partial charge is 0.457 e. The number of fused-ring (bicyclic) bond motifs is 6. The van der Waals surface area contributed by atoms with Crippen LogP contribution in [0.4, 0.5) is 0 Å². The molecule has 5 heteroatoms. The summed E-state index contributed by atoms with van der Waals surface area (Å²) in [5, 5.41) is 2.38. The van der Waals surface area contributed by atoms with Crippen LogP contribution in [-0.4, -0.2) is 19.1 Å². The second-order valence-corrected chi connectivity index (χ2v) is 10.8. The molecule has 0 unspecified atom stereocenters. The van der Waals surface area contributed by atoms with Crippen LogP contribution in [-0.2, 0) is 18.4 Å². The number of ether oxygens (including phenoxy) is 1. The van der Waals surface area contributed by atoms with Gasteiger partial charge in [-0.1, -0.05) is 45.0 Å². The Bertz CT molecular complexity index is 1800. The summed E-state index contributed by atoms with van der Waals surface area (Å²) in [5.74, 6) is 3.52. The molecule has 1 aliphatic heterocycles. The maximum absolute atomic E-state index is 6.44. The van der Waals surface area contributed by atoms with Gasteiger partial charge in [0.15, 0.2) is 0 Å². The smallest absolute Gasteiger partial charge is 0.140 e. The molecule has 182 valence electrons. The van der Waals surface area contributed by atoms with Gasteiger partial charge in [0.05, 0.1) is 11.0 Å². The van der Waals surface area contributed by atoms with Gasteiger partial charge in [-0.2, -0.15) is 0 Å². The Morgan fingerprint density at radius 1 is 0.784 bits per heavy atom. The lowest BCUT2D eigenvalue weighted by Gasteiger charge is -2.20. The van der Waals surface area contributed by atoms with E-state index >= 15 is 0 Å². The lowest BCUT2D eigenvalue weighted by Crippen LogP contribution is -2.12. The minimum Gasteiger partial charge on any atom is -0.457 e. The number of aryl methyl sites for hydroxylation is 2. The van der Waals surface area contributed by atoms with Gasteiger partial charge >= 0.3 is 0 Å². The molecule has 1 aliphatic rings. The van der Waals surface area contributed by atoms with E-state index in [9.17, 15) is 0 Å². The molecule has 0 amide bonds. The molecule has 0 saturated heterocycles. The van der Waals surface area contributed by atoms with Gasteiger partial charge < -0.3 is 9.30 Å². The third kappa shape index (κ3) is 3.61. The van der Waals surface area contributed by atoms with Crippen molar-refractivity contribution in [2.45, 2.75) is 39.2 Å². The van der Waals surface area contributed by atoms with E-state index in [0.717, 1.165) is 52.7 Å². The van der Waals surface area contributed by atoms with Crippen LogP contribution in [0.5, 0.6) is 11.5 Å². The Balaban J connectivity index is 1.35. The Morgan fingerprint density at radius 2 is 1.59 bits per heavy atom. The number of rotatable bonds is 3. The first kappa shape index (κ1) is 21.9. The third-order valence-electron chi connectivity index (χ3n) is 7.38. The molecule has 37 heavy (non-hydrogen) atoms. The van der Waals surface area contributed by atoms with Crippen LogP contribution in [0.15, 0.2) is 91.4 Å². The quantitative estimate of drug-likeness (QED) is 0.259. The Kier molecular flexibility index (Phi) is 4.77. The van der Waals surface area contributed by atoms with Gasteiger partial charge in [-0.15, -0.1) is 0 Å². The first-order valence-electron chi connectivity index (χ1n) is 12.8. The van der Waals surface area contributed by atoms with E-state index in [1.165, 1.54) is 21.9 Å². The number of pyridine rings is 1. The second kappa shape index (κ2) is 8.07. The molecule has 4 heterocycles. The molecule has 0 radical (unpaired) electrons. The van der Waals surface area contributed by atoms with E-state index < -0.39 is 0 Å². The lowest BCUT2D eigenvalue weighted by molar-refractivity contribution is 0.483. The molecule has 3 aromatic heterocycles. The van der Waals surface area contributed by atoms with Crippen LogP contribution < -0.4 is 4.74 Å². The van der Waals surface area contributed by atoms with Gasteiger partial charge in [-0.25, -0.2) is 9.97 Å². The molecule has 0 N–H and O–H groups in total. The zero-order valence-electron chi connectivity index (χ0n) is 21.3. The maximum atomic E-state index is 6.44. The van der Waals surface area contributed by atoms with Gasteiger partial charge in [-0.3, -0.25) is 4.57 Å². The minimum atomic E-state index is 0.0336. The Morgan fingerprint density at radius 3 is 2.49 bits per heavy atom. The molecule has 0 saturated carbocycles. The van der Waals surface area contributed by atoms with E-state index in [1.807, 2.05) is 18.6 Å². The molecule has 0 fully saturated rings. The monoisotopic (exact) mass is 484 g/mol. The highest BCUT2D eigenvalue weighted by molar-refractivity contribution is 6.09. The SMILES string of the molecule is CC(C)(C)c1ccnc(-n2c3ccccc3c3ccc(Oc4ccc5c(c4)-c4nccn4CC5)cc32)c1. The summed E-state index contributed by atoms with van der Waals surface area (Å²) in [6.45, 7) is 7.66. The number of aromatic nitrogens is 4. The number of imidazole rings is 1. The Hall–Kier alpha value is -4.38. The van der Waals surface area contributed by atoms with Crippen molar-refractivity contribution in [2.75, 3.05) is 0 Å². The molecule has 6 aromatic rings. The predicted octanol–water partition coefficient (Wildman–Crippen LogP) is 7.69. The van der Waals surface area contributed by atoms with Crippen molar-refractivity contribution in [1.82, 2.24) is 19.1 Å². The topological polar surface area (TPSA) is 44.9 Å². The van der Waals surface area contributed by atoms with Crippen molar-refractivity contribution < 1.29 is 4.74 Å². The number of hydrogen-bond acceptors (Lipinski definition) is 3. The van der Waals surface area contributed by atoms with E-state index in [1.54, 1.807) is 0 Å². The summed E-state index contributed by atoms with van der Waals surface area (Å²) >= 11 is 0. The summed E-state index contributed by atoms with van der Waals surface area (Å²) in [4.78, 5) is 9.36. The van der Waals surface area contributed by atoms with Crippen LogP contribution in [0.2, 0.25) is 0 Å². The number of benzene rings is 3. The number of hydrogen-bond donors (Lipinski definition) is 0. The lowest BCUT2D eigenvalue weighted by atomic mass is 9.88. The van der Waals surface area contributed by atoms with E-state index in [4.69, 9.17) is 9.72 Å². The van der Waals surface area contributed by atoms with E-state index in [0.29, 0.717) is 0 Å². The maximum Gasteiger partial charge on any atom is 0.140 e. The minimum absolute atomic E-state index is 0.0336. The van der Waals surface area contributed by atoms with Crippen molar-refractivity contribution in [3.8, 4) is 28.7 Å². The first-order valence-corrected chi connectivity index (χ1v) is 12.8. The summed E-state index contributed by atoms with van der Waals surface area (Å²) in [6.07, 6.45) is 6.83. The fourth-order valence-corrected chi connectivity index (χ4v) is 5.42. The zero-order chi connectivity index (χ0) is 25.1. The zero-order valence-corrected chi connectivity index (χ0v) is 21.3. The highest BCUT2D eigenvalue weighted by Gasteiger charge is 2.19. The molecule has 0 spiro atoms. The van der Waals surface area contributed by atoms with Crippen molar-refractivity contribution in [1.29, 1.82) is 0 Å². The summed E-state index contributed by atoms with van der Waals surface area (Å²) in [7, 11) is 0. The molecular weight excluding hydrogens is 456 g/mol. The van der Waals surface area contributed by atoms with Gasteiger partial charge in [0.2, 0.25) is 0 Å². The average molecular weight is 485 g/mol. The molecule has 7 rings (SSSR count). The summed E-state index contributed by atoms with van der Waals surface area (Å²) in [6, 6.07) is 25.5. The van der Waals surface area contributed by atoms with Crippen molar-refractivity contribution in [3.63, 3.8) is 0 Å². The van der Waals surface area contributed by atoms with Crippen molar-refractivity contribution in [2.24, 2.45) is 0 Å². The molecule has 5 nitrogen and oxygen atoms in total. The van der Waals surface area contributed by atoms with Crippen LogP contribution in [0.1, 0.15) is 31.9 Å². The summed E-state index contributed by atoms with van der Waals surface area (Å²) < 4.78 is 10.9. The molecule has 0 bridgehead atoms. The average Bonchev–Trinajstić information content (AvgIpc) is 3.51. The molecule has 0 aliphatic carbocycles. The molecular formula is C32H28N4O. The van der Waals surface area contributed by atoms with Gasteiger partial charge in [0.25, 0.3) is 0 Å². The van der Waals surface area contributed by atoms with Crippen molar-refractivity contribution >= 4 is 21.8 Å². The molecule has 3 aromatic carbocycles. The van der Waals surface area contributed by atoms with Gasteiger partial charge in [0, 0.05) is 47.5 Å². The first-order chi connectivity index (χ1) is 18.0. The van der Waals surface area contributed by atoms with E-state index in [2.05, 4.69) is 108 Å². The Labute approximate surface area is 216 Å². The van der Waals surface area contributed by atoms with Gasteiger partial charge in [0.1, 0.15) is 23.1 Å². The van der Waals surface area contributed by atoms with E-state index in [-0.39, 0.29) is 5.41 Å².